The number of carbonyl (C=O) groups is 2. The number of rotatable bonds is 6. The van der Waals surface area contributed by atoms with Crippen LogP contribution in [-0.4, -0.2) is 47.4 Å². The number of likely N-dealkylation sites (tertiary alicyclic amines) is 1. The van der Waals surface area contributed by atoms with Crippen LogP contribution in [-0.2, 0) is 4.79 Å². The first kappa shape index (κ1) is 20.5. The van der Waals surface area contributed by atoms with Gasteiger partial charge in [-0.2, -0.15) is 0 Å². The SMILES string of the molecule is Cc1ccc(N2C(=O)c3cccnc3[C@@H]2CC(=O)NCCN2CCCC[C@H]2C)cc1. The number of aryl methyl sites for hydroxylation is 1. The number of hydrogen-bond acceptors (Lipinski definition) is 4. The molecule has 2 aromatic rings. The van der Waals surface area contributed by atoms with Crippen molar-refractivity contribution >= 4 is 17.5 Å². The summed E-state index contributed by atoms with van der Waals surface area (Å²) in [5.41, 5.74) is 3.19. The average molecular weight is 407 g/mol. The van der Waals surface area contributed by atoms with E-state index < -0.39 is 0 Å². The number of amides is 2. The topological polar surface area (TPSA) is 65.5 Å². The summed E-state index contributed by atoms with van der Waals surface area (Å²) < 4.78 is 0. The Kier molecular flexibility index (Phi) is 6.13. The molecule has 0 spiro atoms. The maximum absolute atomic E-state index is 13.1. The number of nitrogens with zero attached hydrogens (tertiary/aromatic N) is 3. The van der Waals surface area contributed by atoms with E-state index in [2.05, 4.69) is 22.1 Å². The third kappa shape index (κ3) is 4.24. The largest absolute Gasteiger partial charge is 0.355 e. The second-order valence-corrected chi connectivity index (χ2v) is 8.40. The van der Waals surface area contributed by atoms with Gasteiger partial charge in [0.25, 0.3) is 5.91 Å². The summed E-state index contributed by atoms with van der Waals surface area (Å²) in [4.78, 5) is 34.5. The highest BCUT2D eigenvalue weighted by Gasteiger charge is 2.39. The monoisotopic (exact) mass is 406 g/mol. The number of benzene rings is 1. The molecule has 1 saturated heterocycles. The van der Waals surface area contributed by atoms with Gasteiger partial charge in [0.1, 0.15) is 0 Å². The minimum atomic E-state index is -0.384. The van der Waals surface area contributed by atoms with Crippen molar-refractivity contribution < 1.29 is 9.59 Å². The first-order valence-corrected chi connectivity index (χ1v) is 10.9. The Bertz CT molecular complexity index is 912. The van der Waals surface area contributed by atoms with Crippen molar-refractivity contribution in [1.82, 2.24) is 15.2 Å². The van der Waals surface area contributed by atoms with Crippen LogP contribution in [0.15, 0.2) is 42.6 Å². The molecule has 0 aliphatic carbocycles. The Morgan fingerprint density at radius 2 is 2.00 bits per heavy atom. The lowest BCUT2D eigenvalue weighted by Crippen LogP contribution is -2.43. The minimum absolute atomic E-state index is 0.0481. The van der Waals surface area contributed by atoms with Crippen molar-refractivity contribution in [3.8, 4) is 0 Å². The zero-order valence-electron chi connectivity index (χ0n) is 17.8. The van der Waals surface area contributed by atoms with Crippen molar-refractivity contribution in [2.45, 2.75) is 51.6 Å². The van der Waals surface area contributed by atoms with Gasteiger partial charge in [-0.15, -0.1) is 0 Å². The Balaban J connectivity index is 1.45. The highest BCUT2D eigenvalue weighted by atomic mass is 16.2. The maximum atomic E-state index is 13.1. The number of anilines is 1. The molecule has 1 aromatic carbocycles. The molecule has 2 amide bonds. The van der Waals surface area contributed by atoms with E-state index in [1.165, 1.54) is 19.3 Å². The molecular weight excluding hydrogens is 376 g/mol. The highest BCUT2D eigenvalue weighted by Crippen LogP contribution is 2.38. The molecule has 0 unspecified atom stereocenters. The van der Waals surface area contributed by atoms with Crippen LogP contribution in [0, 0.1) is 6.92 Å². The second-order valence-electron chi connectivity index (χ2n) is 8.40. The zero-order chi connectivity index (χ0) is 21.1. The molecule has 2 aliphatic heterocycles. The summed E-state index contributed by atoms with van der Waals surface area (Å²) in [6, 6.07) is 11.6. The summed E-state index contributed by atoms with van der Waals surface area (Å²) in [5.74, 6) is -0.144. The quantitative estimate of drug-likeness (QED) is 0.798. The third-order valence-electron chi connectivity index (χ3n) is 6.27. The van der Waals surface area contributed by atoms with E-state index >= 15 is 0 Å². The van der Waals surface area contributed by atoms with Crippen LogP contribution in [0.25, 0.3) is 0 Å². The van der Waals surface area contributed by atoms with E-state index in [-0.39, 0.29) is 24.3 Å². The van der Waals surface area contributed by atoms with Crippen molar-refractivity contribution in [3.63, 3.8) is 0 Å². The molecule has 1 N–H and O–H groups in total. The predicted molar refractivity (Wildman–Crippen MR) is 117 cm³/mol. The summed E-state index contributed by atoms with van der Waals surface area (Å²) in [7, 11) is 0. The molecule has 1 fully saturated rings. The lowest BCUT2D eigenvalue weighted by Gasteiger charge is -2.33. The average Bonchev–Trinajstić information content (AvgIpc) is 3.02. The molecule has 6 heteroatoms. The molecule has 4 rings (SSSR count). The molecule has 6 nitrogen and oxygen atoms in total. The number of fused-ring (bicyclic) bond motifs is 1. The first-order chi connectivity index (χ1) is 14.5. The molecule has 30 heavy (non-hydrogen) atoms. The lowest BCUT2D eigenvalue weighted by molar-refractivity contribution is -0.121. The van der Waals surface area contributed by atoms with Crippen LogP contribution in [0.5, 0.6) is 0 Å². The summed E-state index contributed by atoms with van der Waals surface area (Å²) in [5, 5.41) is 3.06. The molecule has 158 valence electrons. The molecule has 0 radical (unpaired) electrons. The van der Waals surface area contributed by atoms with Crippen molar-refractivity contribution in [2.75, 3.05) is 24.5 Å². The number of pyridine rings is 1. The van der Waals surface area contributed by atoms with Crippen LogP contribution < -0.4 is 10.2 Å². The number of hydrogen-bond donors (Lipinski definition) is 1. The standard InChI is InChI=1S/C24H30N4O2/c1-17-8-10-19(11-9-17)28-21(23-20(24(28)30)7-5-12-26-23)16-22(29)25-13-15-27-14-4-3-6-18(27)2/h5,7-12,18,21H,3-4,6,13-16H2,1-2H3,(H,25,29)/t18-,21+/m1/s1. The van der Waals surface area contributed by atoms with Crippen LogP contribution >= 0.6 is 0 Å². The van der Waals surface area contributed by atoms with Crippen LogP contribution in [0.3, 0.4) is 0 Å². The first-order valence-electron chi connectivity index (χ1n) is 10.9. The maximum Gasteiger partial charge on any atom is 0.260 e. The molecule has 0 bridgehead atoms. The van der Waals surface area contributed by atoms with Gasteiger partial charge in [-0.3, -0.25) is 24.4 Å². The van der Waals surface area contributed by atoms with Gasteiger partial charge in [-0.25, -0.2) is 0 Å². The van der Waals surface area contributed by atoms with E-state index in [0.29, 0.717) is 23.8 Å². The van der Waals surface area contributed by atoms with Gasteiger partial charge in [-0.05, 0) is 57.5 Å². The van der Waals surface area contributed by atoms with Crippen molar-refractivity contribution in [2.24, 2.45) is 0 Å². The predicted octanol–water partition coefficient (Wildman–Crippen LogP) is 3.47. The van der Waals surface area contributed by atoms with Crippen LogP contribution in [0.4, 0.5) is 5.69 Å². The van der Waals surface area contributed by atoms with Gasteiger partial charge < -0.3 is 5.32 Å². The fraction of sp³-hybridized carbons (Fsp3) is 0.458. The molecule has 2 atom stereocenters. The van der Waals surface area contributed by atoms with E-state index in [9.17, 15) is 9.59 Å². The number of nitrogens with one attached hydrogen (secondary N) is 1. The summed E-state index contributed by atoms with van der Waals surface area (Å²) in [6.07, 6.45) is 5.65. The van der Waals surface area contributed by atoms with Crippen LogP contribution in [0.1, 0.15) is 60.3 Å². The number of carbonyl (C=O) groups excluding carboxylic acids is 2. The number of piperidine rings is 1. The van der Waals surface area contributed by atoms with Crippen LogP contribution in [0.2, 0.25) is 0 Å². The van der Waals surface area contributed by atoms with Gasteiger partial charge in [0, 0.05) is 31.0 Å². The van der Waals surface area contributed by atoms with E-state index in [1.807, 2.05) is 31.2 Å². The molecular formula is C24H30N4O2. The Hall–Kier alpha value is -2.73. The summed E-state index contributed by atoms with van der Waals surface area (Å²) >= 11 is 0. The van der Waals surface area contributed by atoms with E-state index in [0.717, 1.165) is 24.3 Å². The van der Waals surface area contributed by atoms with Gasteiger partial charge in [-0.1, -0.05) is 24.1 Å². The van der Waals surface area contributed by atoms with E-state index in [4.69, 9.17) is 0 Å². The minimum Gasteiger partial charge on any atom is -0.355 e. The van der Waals surface area contributed by atoms with Gasteiger partial charge in [0.05, 0.1) is 23.7 Å². The highest BCUT2D eigenvalue weighted by molar-refractivity contribution is 6.11. The molecule has 1 aromatic heterocycles. The number of aromatic nitrogens is 1. The summed E-state index contributed by atoms with van der Waals surface area (Å²) in [6.45, 7) is 6.87. The van der Waals surface area contributed by atoms with Crippen molar-refractivity contribution in [1.29, 1.82) is 0 Å². The Morgan fingerprint density at radius 3 is 2.77 bits per heavy atom. The smallest absolute Gasteiger partial charge is 0.260 e. The normalized spacial score (nSPS) is 21.5. The Morgan fingerprint density at radius 1 is 1.20 bits per heavy atom. The molecule has 3 heterocycles. The lowest BCUT2D eigenvalue weighted by atomic mass is 10.0. The van der Waals surface area contributed by atoms with Crippen molar-refractivity contribution in [3.05, 3.63) is 59.4 Å². The van der Waals surface area contributed by atoms with E-state index in [1.54, 1.807) is 23.2 Å². The second kappa shape index (κ2) is 8.96. The van der Waals surface area contributed by atoms with Gasteiger partial charge >= 0.3 is 0 Å². The van der Waals surface area contributed by atoms with Gasteiger partial charge in [0.2, 0.25) is 5.91 Å². The molecule has 0 saturated carbocycles. The fourth-order valence-corrected chi connectivity index (χ4v) is 4.52. The fourth-order valence-electron chi connectivity index (χ4n) is 4.52. The molecule has 2 aliphatic rings. The Labute approximate surface area is 178 Å². The third-order valence-corrected chi connectivity index (χ3v) is 6.27. The van der Waals surface area contributed by atoms with Gasteiger partial charge in [0.15, 0.2) is 0 Å². The zero-order valence-corrected chi connectivity index (χ0v) is 17.8.